The molecule has 1 aromatic rings. The quantitative estimate of drug-likeness (QED) is 0.668. The Kier molecular flexibility index (Phi) is 4.20. The molecular weight excluding hydrogens is 196 g/mol. The zero-order valence-electron chi connectivity index (χ0n) is 8.41. The normalized spacial score (nSPS) is 11.6. The highest BCUT2D eigenvalue weighted by atomic mass is 33.1. The molecule has 72 valence electrons. The lowest BCUT2D eigenvalue weighted by Gasteiger charge is -2.20. The zero-order valence-corrected chi connectivity index (χ0v) is 10.0. The molecule has 0 aliphatic heterocycles. The van der Waals surface area contributed by atoms with Crippen LogP contribution in [-0.4, -0.2) is 4.75 Å². The third-order valence-corrected chi connectivity index (χ3v) is 5.43. The molecule has 0 saturated heterocycles. The van der Waals surface area contributed by atoms with Gasteiger partial charge in [0.2, 0.25) is 0 Å². The van der Waals surface area contributed by atoms with Gasteiger partial charge < -0.3 is 0 Å². The van der Waals surface area contributed by atoms with E-state index in [-0.39, 0.29) is 0 Å². The van der Waals surface area contributed by atoms with E-state index in [1.165, 1.54) is 11.3 Å². The van der Waals surface area contributed by atoms with E-state index in [1.54, 1.807) is 0 Å². The molecule has 2 heteroatoms. The first kappa shape index (κ1) is 11.0. The van der Waals surface area contributed by atoms with E-state index in [2.05, 4.69) is 51.1 Å². The Morgan fingerprint density at radius 3 is 2.31 bits per heavy atom. The van der Waals surface area contributed by atoms with Crippen LogP contribution in [0.1, 0.15) is 27.2 Å². The van der Waals surface area contributed by atoms with Gasteiger partial charge in [0, 0.05) is 9.64 Å². The summed E-state index contributed by atoms with van der Waals surface area (Å²) >= 11 is 0. The van der Waals surface area contributed by atoms with Crippen LogP contribution in [-0.2, 0) is 0 Å². The van der Waals surface area contributed by atoms with Crippen LogP contribution in [0, 0.1) is 0 Å². The smallest absolute Gasteiger partial charge is 0.0208 e. The van der Waals surface area contributed by atoms with Crippen LogP contribution in [0.25, 0.3) is 0 Å². The fourth-order valence-electron chi connectivity index (χ4n) is 0.696. The predicted octanol–water partition coefficient (Wildman–Crippen LogP) is 4.62. The summed E-state index contributed by atoms with van der Waals surface area (Å²) in [6, 6.07) is 10.5. The van der Waals surface area contributed by atoms with Crippen molar-refractivity contribution in [3.8, 4) is 0 Å². The highest BCUT2D eigenvalue weighted by Gasteiger charge is 2.15. The van der Waals surface area contributed by atoms with Crippen LogP contribution >= 0.6 is 21.6 Å². The molecule has 0 atom stereocenters. The molecule has 1 aromatic carbocycles. The van der Waals surface area contributed by atoms with Crippen molar-refractivity contribution in [1.82, 2.24) is 0 Å². The number of rotatable bonds is 4. The van der Waals surface area contributed by atoms with Gasteiger partial charge in [0.15, 0.2) is 0 Å². The van der Waals surface area contributed by atoms with Crippen molar-refractivity contribution in [2.24, 2.45) is 0 Å². The molecule has 1 rings (SSSR count). The van der Waals surface area contributed by atoms with Crippen LogP contribution in [0.3, 0.4) is 0 Å². The van der Waals surface area contributed by atoms with E-state index in [1.807, 2.05) is 21.6 Å². The lowest BCUT2D eigenvalue weighted by molar-refractivity contribution is 0.690. The van der Waals surface area contributed by atoms with E-state index in [0.29, 0.717) is 4.75 Å². The molecule has 0 aliphatic carbocycles. The van der Waals surface area contributed by atoms with E-state index >= 15 is 0 Å². The Morgan fingerprint density at radius 2 is 1.77 bits per heavy atom. The monoisotopic (exact) mass is 212 g/mol. The molecule has 0 unspecified atom stereocenters. The highest BCUT2D eigenvalue weighted by Crippen LogP contribution is 2.41. The van der Waals surface area contributed by atoms with Gasteiger partial charge in [-0.05, 0) is 32.4 Å². The summed E-state index contributed by atoms with van der Waals surface area (Å²) in [4.78, 5) is 1.34. The predicted molar refractivity (Wildman–Crippen MR) is 64.3 cm³/mol. The minimum absolute atomic E-state index is 0.376. The number of benzene rings is 1. The molecule has 0 heterocycles. The molecule has 0 aliphatic rings. The molecule has 0 spiro atoms. The second-order valence-corrected chi connectivity index (χ2v) is 6.50. The molecule has 0 radical (unpaired) electrons. The van der Waals surface area contributed by atoms with Gasteiger partial charge in [-0.1, -0.05) is 46.7 Å². The van der Waals surface area contributed by atoms with Crippen molar-refractivity contribution in [1.29, 1.82) is 0 Å². The summed E-state index contributed by atoms with van der Waals surface area (Å²) in [6.45, 7) is 6.81. The SMILES string of the molecule is CCC(C)(C)SSc1ccccc1. The fourth-order valence-corrected chi connectivity index (χ4v) is 3.06. The molecule has 0 saturated carbocycles. The van der Waals surface area contributed by atoms with Crippen molar-refractivity contribution in [3.05, 3.63) is 30.3 Å². The Labute approximate surface area is 88.9 Å². The first-order valence-corrected chi connectivity index (χ1v) is 6.70. The van der Waals surface area contributed by atoms with Crippen LogP contribution in [0.4, 0.5) is 0 Å². The summed E-state index contributed by atoms with van der Waals surface area (Å²) in [5, 5.41) is 0. The van der Waals surface area contributed by atoms with Gasteiger partial charge in [0.05, 0.1) is 0 Å². The minimum Gasteiger partial charge on any atom is -0.0827 e. The molecular formula is C11H16S2. The van der Waals surface area contributed by atoms with Gasteiger partial charge in [0.25, 0.3) is 0 Å². The first-order chi connectivity index (χ1) is 6.14. The summed E-state index contributed by atoms with van der Waals surface area (Å²) in [7, 11) is 3.82. The topological polar surface area (TPSA) is 0 Å². The second-order valence-electron chi connectivity index (χ2n) is 3.59. The summed E-state index contributed by atoms with van der Waals surface area (Å²) in [5.41, 5.74) is 0. The van der Waals surface area contributed by atoms with Crippen molar-refractivity contribution < 1.29 is 0 Å². The highest BCUT2D eigenvalue weighted by molar-refractivity contribution is 8.77. The van der Waals surface area contributed by atoms with Crippen molar-refractivity contribution in [2.75, 3.05) is 0 Å². The minimum atomic E-state index is 0.376. The summed E-state index contributed by atoms with van der Waals surface area (Å²) in [6.07, 6.45) is 1.21. The standard InChI is InChI=1S/C11H16S2/c1-4-11(2,3)13-12-10-8-6-5-7-9-10/h5-9H,4H2,1-3H3. The number of hydrogen-bond acceptors (Lipinski definition) is 2. The maximum Gasteiger partial charge on any atom is 0.0208 e. The molecule has 0 fully saturated rings. The van der Waals surface area contributed by atoms with Gasteiger partial charge >= 0.3 is 0 Å². The Balaban J connectivity index is 2.44. The Hall–Kier alpha value is -0.0800. The van der Waals surface area contributed by atoms with Gasteiger partial charge in [0.1, 0.15) is 0 Å². The van der Waals surface area contributed by atoms with E-state index in [0.717, 1.165) is 0 Å². The van der Waals surface area contributed by atoms with E-state index < -0.39 is 0 Å². The van der Waals surface area contributed by atoms with Gasteiger partial charge in [-0.25, -0.2) is 0 Å². The van der Waals surface area contributed by atoms with Crippen molar-refractivity contribution >= 4 is 21.6 Å². The first-order valence-electron chi connectivity index (χ1n) is 4.55. The zero-order chi connectivity index (χ0) is 9.73. The third kappa shape index (κ3) is 4.10. The van der Waals surface area contributed by atoms with E-state index in [4.69, 9.17) is 0 Å². The van der Waals surface area contributed by atoms with Crippen LogP contribution < -0.4 is 0 Å². The average Bonchev–Trinajstić information content (AvgIpc) is 2.17. The molecule has 0 bridgehead atoms. The van der Waals surface area contributed by atoms with Crippen LogP contribution in [0.15, 0.2) is 35.2 Å². The molecule has 13 heavy (non-hydrogen) atoms. The molecule has 0 N–H and O–H groups in total. The van der Waals surface area contributed by atoms with Gasteiger partial charge in [-0.2, -0.15) is 0 Å². The van der Waals surface area contributed by atoms with Crippen LogP contribution in [0.2, 0.25) is 0 Å². The Morgan fingerprint density at radius 1 is 1.15 bits per heavy atom. The maximum atomic E-state index is 2.29. The third-order valence-electron chi connectivity index (χ3n) is 1.96. The Bertz CT molecular complexity index is 242. The van der Waals surface area contributed by atoms with E-state index in [9.17, 15) is 0 Å². The second kappa shape index (κ2) is 4.97. The molecule has 0 nitrogen and oxygen atoms in total. The molecule has 0 amide bonds. The lowest BCUT2D eigenvalue weighted by Crippen LogP contribution is -2.09. The fraction of sp³-hybridized carbons (Fsp3) is 0.455. The summed E-state index contributed by atoms with van der Waals surface area (Å²) in [5.74, 6) is 0. The molecule has 0 aromatic heterocycles. The van der Waals surface area contributed by atoms with Crippen molar-refractivity contribution in [2.45, 2.75) is 36.8 Å². The average molecular weight is 212 g/mol. The van der Waals surface area contributed by atoms with Gasteiger partial charge in [-0.15, -0.1) is 0 Å². The lowest BCUT2D eigenvalue weighted by atomic mass is 10.1. The summed E-state index contributed by atoms with van der Waals surface area (Å²) < 4.78 is 0.376. The largest absolute Gasteiger partial charge is 0.0827 e. The van der Waals surface area contributed by atoms with Crippen molar-refractivity contribution in [3.63, 3.8) is 0 Å². The number of hydrogen-bond donors (Lipinski definition) is 0. The van der Waals surface area contributed by atoms with Crippen LogP contribution in [0.5, 0.6) is 0 Å². The maximum absolute atomic E-state index is 2.29. The van der Waals surface area contributed by atoms with Gasteiger partial charge in [-0.3, -0.25) is 0 Å².